The second kappa shape index (κ2) is 11.6. The largest absolute Gasteiger partial charge is 0.491 e. The Balaban J connectivity index is 0.00000312. The van der Waals surface area contributed by atoms with E-state index >= 15 is 0 Å². The highest BCUT2D eigenvalue weighted by atomic mass is 127. The van der Waals surface area contributed by atoms with Crippen molar-refractivity contribution in [3.8, 4) is 5.75 Å². The molecule has 0 heterocycles. The molecule has 2 N–H and O–H groups in total. The molecule has 25 heavy (non-hydrogen) atoms. The number of hydrogen-bond acceptors (Lipinski definition) is 3. The minimum Gasteiger partial charge on any atom is -0.491 e. The van der Waals surface area contributed by atoms with E-state index in [1.165, 1.54) is 0 Å². The second-order valence-electron chi connectivity index (χ2n) is 6.49. The molecule has 1 aromatic rings. The number of nitrogens with zero attached hydrogens (tertiary/aromatic N) is 2. The molecule has 2 atom stereocenters. The fourth-order valence-electron chi connectivity index (χ4n) is 3.02. The molecule has 0 spiro atoms. The van der Waals surface area contributed by atoms with Crippen LogP contribution in [0.1, 0.15) is 31.7 Å². The minimum absolute atomic E-state index is 0. The van der Waals surface area contributed by atoms with Gasteiger partial charge in [-0.25, -0.2) is 0 Å². The molecule has 0 amide bonds. The Morgan fingerprint density at radius 1 is 1.36 bits per heavy atom. The van der Waals surface area contributed by atoms with E-state index in [0.29, 0.717) is 19.1 Å². The zero-order valence-electron chi connectivity index (χ0n) is 15.6. The first-order valence-electron chi connectivity index (χ1n) is 8.97. The fourth-order valence-corrected chi connectivity index (χ4v) is 3.02. The molecule has 0 aromatic heterocycles. The molecule has 6 heteroatoms. The Hall–Kier alpha value is -1.02. The topological polar surface area (TPSA) is 57.1 Å². The van der Waals surface area contributed by atoms with E-state index in [9.17, 15) is 5.11 Å². The van der Waals surface area contributed by atoms with Crippen molar-refractivity contribution >= 4 is 29.9 Å². The van der Waals surface area contributed by atoms with Crippen molar-refractivity contribution < 1.29 is 9.84 Å². The highest BCUT2D eigenvalue weighted by Crippen LogP contribution is 2.25. The third kappa shape index (κ3) is 7.01. The first-order valence-corrected chi connectivity index (χ1v) is 8.97. The van der Waals surface area contributed by atoms with Gasteiger partial charge in [-0.2, -0.15) is 0 Å². The van der Waals surface area contributed by atoms with E-state index in [-0.39, 0.29) is 30.1 Å². The molecule has 2 rings (SSSR count). The van der Waals surface area contributed by atoms with Gasteiger partial charge in [0.25, 0.3) is 0 Å². The van der Waals surface area contributed by atoms with Gasteiger partial charge in [-0.3, -0.25) is 4.99 Å². The Morgan fingerprint density at radius 3 is 2.76 bits per heavy atom. The number of aliphatic hydroxyl groups is 1. The van der Waals surface area contributed by atoms with Crippen LogP contribution in [0, 0.1) is 12.8 Å². The van der Waals surface area contributed by atoms with Crippen LogP contribution in [-0.4, -0.2) is 55.4 Å². The Kier molecular flexibility index (Phi) is 10.2. The lowest BCUT2D eigenvalue weighted by Crippen LogP contribution is -2.41. The highest BCUT2D eigenvalue weighted by molar-refractivity contribution is 14.0. The van der Waals surface area contributed by atoms with Crippen molar-refractivity contribution in [3.63, 3.8) is 0 Å². The van der Waals surface area contributed by atoms with Gasteiger partial charge >= 0.3 is 0 Å². The number of aryl methyl sites for hydroxylation is 1. The molecule has 1 saturated carbocycles. The second-order valence-corrected chi connectivity index (χ2v) is 6.49. The molecular weight excluding hydrogens is 429 g/mol. The number of aliphatic imine (C=N–C) groups is 1. The quantitative estimate of drug-likeness (QED) is 0.373. The molecule has 0 radical (unpaired) electrons. The van der Waals surface area contributed by atoms with Crippen LogP contribution in [0.15, 0.2) is 29.3 Å². The smallest absolute Gasteiger partial charge is 0.193 e. The Morgan fingerprint density at radius 2 is 2.12 bits per heavy atom. The molecule has 0 bridgehead atoms. The van der Waals surface area contributed by atoms with Gasteiger partial charge < -0.3 is 20.1 Å². The number of ether oxygens (including phenoxy) is 1. The summed E-state index contributed by atoms with van der Waals surface area (Å²) < 4.78 is 5.87. The van der Waals surface area contributed by atoms with E-state index < -0.39 is 0 Å². The summed E-state index contributed by atoms with van der Waals surface area (Å²) in [6, 6.07) is 8.06. The lowest BCUT2D eigenvalue weighted by Gasteiger charge is -2.23. The summed E-state index contributed by atoms with van der Waals surface area (Å²) >= 11 is 0. The SMILES string of the molecule is CCNC(=NCC1CCCC1O)N(C)CCOc1ccccc1C.I. The van der Waals surface area contributed by atoms with Crippen LogP contribution in [0.4, 0.5) is 0 Å². The van der Waals surface area contributed by atoms with Crippen LogP contribution in [-0.2, 0) is 0 Å². The average Bonchev–Trinajstić information content (AvgIpc) is 2.98. The minimum atomic E-state index is -0.189. The van der Waals surface area contributed by atoms with E-state index in [1.54, 1.807) is 0 Å². The van der Waals surface area contributed by atoms with E-state index in [2.05, 4.69) is 30.1 Å². The predicted octanol–water partition coefficient (Wildman–Crippen LogP) is 3.05. The summed E-state index contributed by atoms with van der Waals surface area (Å²) in [6.07, 6.45) is 2.91. The molecule has 0 saturated heterocycles. The monoisotopic (exact) mass is 461 g/mol. The third-order valence-corrected chi connectivity index (χ3v) is 4.57. The molecule has 142 valence electrons. The van der Waals surface area contributed by atoms with Crippen molar-refractivity contribution in [2.24, 2.45) is 10.9 Å². The molecule has 2 unspecified atom stereocenters. The number of halogens is 1. The van der Waals surface area contributed by atoms with Crippen molar-refractivity contribution in [1.82, 2.24) is 10.2 Å². The van der Waals surface area contributed by atoms with Crippen LogP contribution >= 0.6 is 24.0 Å². The van der Waals surface area contributed by atoms with Gasteiger partial charge in [0, 0.05) is 26.1 Å². The number of nitrogens with one attached hydrogen (secondary N) is 1. The van der Waals surface area contributed by atoms with Crippen molar-refractivity contribution in [2.75, 3.05) is 33.3 Å². The maximum absolute atomic E-state index is 9.94. The lowest BCUT2D eigenvalue weighted by atomic mass is 10.1. The van der Waals surface area contributed by atoms with Gasteiger partial charge in [0.1, 0.15) is 12.4 Å². The highest BCUT2D eigenvalue weighted by Gasteiger charge is 2.24. The molecule has 1 aliphatic rings. The van der Waals surface area contributed by atoms with E-state index in [4.69, 9.17) is 9.73 Å². The van der Waals surface area contributed by atoms with E-state index in [0.717, 1.165) is 49.6 Å². The molecule has 1 fully saturated rings. The number of rotatable bonds is 7. The Labute approximate surface area is 168 Å². The van der Waals surface area contributed by atoms with Crippen molar-refractivity contribution in [1.29, 1.82) is 0 Å². The zero-order valence-corrected chi connectivity index (χ0v) is 17.9. The summed E-state index contributed by atoms with van der Waals surface area (Å²) in [7, 11) is 2.02. The summed E-state index contributed by atoms with van der Waals surface area (Å²) in [5, 5.41) is 13.3. The van der Waals surface area contributed by atoms with Crippen LogP contribution in [0.3, 0.4) is 0 Å². The molecule has 5 nitrogen and oxygen atoms in total. The predicted molar refractivity (Wildman–Crippen MR) is 114 cm³/mol. The lowest BCUT2D eigenvalue weighted by molar-refractivity contribution is 0.136. The van der Waals surface area contributed by atoms with Gasteiger partial charge in [-0.1, -0.05) is 24.6 Å². The standard InChI is InChI=1S/C19H31N3O2.HI/c1-4-20-19(21-14-16-9-7-10-17(16)23)22(3)12-13-24-18-11-6-5-8-15(18)2;/h5-6,8,11,16-17,23H,4,7,9-10,12-14H2,1-3H3,(H,20,21);1H. The van der Waals surface area contributed by atoms with E-state index in [1.807, 2.05) is 25.2 Å². The van der Waals surface area contributed by atoms with Crippen LogP contribution in [0.5, 0.6) is 5.75 Å². The summed E-state index contributed by atoms with van der Waals surface area (Å²) in [4.78, 5) is 6.79. The summed E-state index contributed by atoms with van der Waals surface area (Å²) in [5.41, 5.74) is 1.15. The molecular formula is C19H32IN3O2. The van der Waals surface area contributed by atoms with Gasteiger partial charge in [-0.05, 0) is 38.3 Å². The first-order chi connectivity index (χ1) is 11.6. The maximum Gasteiger partial charge on any atom is 0.193 e. The van der Waals surface area contributed by atoms with Gasteiger partial charge in [-0.15, -0.1) is 24.0 Å². The van der Waals surface area contributed by atoms with Gasteiger partial charge in [0.15, 0.2) is 5.96 Å². The first kappa shape index (κ1) is 22.0. The Bertz CT molecular complexity index is 539. The normalized spacial score (nSPS) is 20.1. The van der Waals surface area contributed by atoms with Crippen LogP contribution in [0.2, 0.25) is 0 Å². The van der Waals surface area contributed by atoms with Gasteiger partial charge in [0.05, 0.1) is 12.6 Å². The molecule has 1 aromatic carbocycles. The fraction of sp³-hybridized carbons (Fsp3) is 0.632. The average molecular weight is 461 g/mol. The van der Waals surface area contributed by atoms with Crippen LogP contribution < -0.4 is 10.1 Å². The molecule has 0 aliphatic heterocycles. The number of benzene rings is 1. The number of aliphatic hydroxyl groups excluding tert-OH is 1. The number of likely N-dealkylation sites (N-methyl/N-ethyl adjacent to an activating group) is 1. The molecule has 1 aliphatic carbocycles. The van der Waals surface area contributed by atoms with Crippen LogP contribution in [0.25, 0.3) is 0 Å². The number of para-hydroxylation sites is 1. The maximum atomic E-state index is 9.94. The van der Waals surface area contributed by atoms with Crippen molar-refractivity contribution in [2.45, 2.75) is 39.2 Å². The number of hydrogen-bond donors (Lipinski definition) is 2. The van der Waals surface area contributed by atoms with Gasteiger partial charge in [0.2, 0.25) is 0 Å². The van der Waals surface area contributed by atoms with Crippen molar-refractivity contribution in [3.05, 3.63) is 29.8 Å². The third-order valence-electron chi connectivity index (χ3n) is 4.57. The summed E-state index contributed by atoms with van der Waals surface area (Å²) in [5.74, 6) is 2.11. The number of guanidine groups is 1. The summed E-state index contributed by atoms with van der Waals surface area (Å²) in [6.45, 7) is 7.00. The zero-order chi connectivity index (χ0) is 17.4.